The number of nitrogens with one attached hydrogen (secondary N) is 1. The zero-order valence-corrected chi connectivity index (χ0v) is 14.5. The maximum absolute atomic E-state index is 12.9. The van der Waals surface area contributed by atoms with E-state index in [2.05, 4.69) is 15.3 Å². The van der Waals surface area contributed by atoms with Gasteiger partial charge in [-0.2, -0.15) is 8.78 Å². The van der Waals surface area contributed by atoms with Gasteiger partial charge in [0.05, 0.1) is 23.7 Å². The van der Waals surface area contributed by atoms with E-state index in [0.717, 1.165) is 29.7 Å². The van der Waals surface area contributed by atoms with Gasteiger partial charge in [0.25, 0.3) is 0 Å². The van der Waals surface area contributed by atoms with Crippen LogP contribution in [0.4, 0.5) is 20.3 Å². The molecule has 0 radical (unpaired) electrons. The molecule has 3 heterocycles. The molecule has 6 nitrogen and oxygen atoms in total. The number of nitrogens with zero attached hydrogens (tertiary/aromatic N) is 4. The monoisotopic (exact) mass is 359 g/mol. The van der Waals surface area contributed by atoms with Crippen LogP contribution in [0.25, 0.3) is 11.0 Å². The SMILES string of the molecule is CN(c1cc2c(cn1)ncn2C)c1ccc(C2CNC2)cc1OC(F)F. The Bertz CT molecular complexity index is 938. The molecule has 136 valence electrons. The first-order valence-corrected chi connectivity index (χ1v) is 8.33. The van der Waals surface area contributed by atoms with Gasteiger partial charge in [0.1, 0.15) is 17.1 Å². The van der Waals surface area contributed by atoms with Crippen LogP contribution in [0.2, 0.25) is 0 Å². The minimum absolute atomic E-state index is 0.152. The van der Waals surface area contributed by atoms with Crippen LogP contribution in [0.5, 0.6) is 5.75 Å². The summed E-state index contributed by atoms with van der Waals surface area (Å²) in [4.78, 5) is 10.4. The van der Waals surface area contributed by atoms with Gasteiger partial charge >= 0.3 is 6.61 Å². The Morgan fingerprint density at radius 3 is 2.77 bits per heavy atom. The molecule has 1 aliphatic rings. The Labute approximate surface area is 149 Å². The Kier molecular flexibility index (Phi) is 4.20. The summed E-state index contributed by atoms with van der Waals surface area (Å²) in [5, 5.41) is 3.19. The fourth-order valence-corrected chi connectivity index (χ4v) is 3.10. The van der Waals surface area contributed by atoms with E-state index < -0.39 is 6.61 Å². The minimum Gasteiger partial charge on any atom is -0.433 e. The molecule has 0 aliphatic carbocycles. The molecule has 0 saturated carbocycles. The summed E-state index contributed by atoms with van der Waals surface area (Å²) < 4.78 is 32.6. The summed E-state index contributed by atoms with van der Waals surface area (Å²) in [5.41, 5.74) is 3.22. The first-order valence-electron chi connectivity index (χ1n) is 8.33. The number of ether oxygens (including phenoxy) is 1. The smallest absolute Gasteiger partial charge is 0.387 e. The molecule has 1 fully saturated rings. The topological polar surface area (TPSA) is 55.2 Å². The van der Waals surface area contributed by atoms with E-state index in [0.29, 0.717) is 17.4 Å². The largest absolute Gasteiger partial charge is 0.433 e. The number of imidazole rings is 1. The van der Waals surface area contributed by atoms with Crippen molar-refractivity contribution in [3.05, 3.63) is 42.4 Å². The third kappa shape index (κ3) is 2.96. The molecule has 8 heteroatoms. The van der Waals surface area contributed by atoms with E-state index in [9.17, 15) is 8.78 Å². The van der Waals surface area contributed by atoms with E-state index in [1.807, 2.05) is 23.7 Å². The molecule has 1 aromatic carbocycles. The van der Waals surface area contributed by atoms with Crippen molar-refractivity contribution >= 4 is 22.5 Å². The summed E-state index contributed by atoms with van der Waals surface area (Å²) >= 11 is 0. The van der Waals surface area contributed by atoms with Gasteiger partial charge in [-0.3, -0.25) is 0 Å². The number of alkyl halides is 2. The highest BCUT2D eigenvalue weighted by Gasteiger charge is 2.22. The highest BCUT2D eigenvalue weighted by Crippen LogP contribution is 2.36. The fraction of sp³-hybridized carbons (Fsp3) is 0.333. The van der Waals surface area contributed by atoms with Crippen LogP contribution in [0.3, 0.4) is 0 Å². The predicted octanol–water partition coefficient (Wildman–Crippen LogP) is 3.02. The number of fused-ring (bicyclic) bond motifs is 1. The molecular weight excluding hydrogens is 340 g/mol. The van der Waals surface area contributed by atoms with E-state index >= 15 is 0 Å². The summed E-state index contributed by atoms with van der Waals surface area (Å²) in [6.45, 7) is -1.19. The Morgan fingerprint density at radius 1 is 1.27 bits per heavy atom. The highest BCUT2D eigenvalue weighted by molar-refractivity contribution is 5.79. The lowest BCUT2D eigenvalue weighted by Gasteiger charge is -2.29. The first kappa shape index (κ1) is 16.7. The van der Waals surface area contributed by atoms with Crippen molar-refractivity contribution in [2.45, 2.75) is 12.5 Å². The van der Waals surface area contributed by atoms with Crippen LogP contribution in [0.1, 0.15) is 11.5 Å². The zero-order chi connectivity index (χ0) is 18.3. The van der Waals surface area contributed by atoms with Crippen LogP contribution in [0, 0.1) is 0 Å². The van der Waals surface area contributed by atoms with Crippen molar-refractivity contribution < 1.29 is 13.5 Å². The molecule has 2 aromatic heterocycles. The Morgan fingerprint density at radius 2 is 2.08 bits per heavy atom. The number of hydrogen-bond donors (Lipinski definition) is 1. The molecule has 0 atom stereocenters. The summed E-state index contributed by atoms with van der Waals surface area (Å²) in [6.07, 6.45) is 3.38. The quantitative estimate of drug-likeness (QED) is 0.759. The molecular formula is C18H19F2N5O. The average molecular weight is 359 g/mol. The third-order valence-corrected chi connectivity index (χ3v) is 4.76. The molecule has 3 aromatic rings. The van der Waals surface area contributed by atoms with E-state index in [-0.39, 0.29) is 5.75 Å². The molecule has 0 spiro atoms. The van der Waals surface area contributed by atoms with E-state index in [1.54, 1.807) is 36.6 Å². The number of anilines is 2. The van der Waals surface area contributed by atoms with Gasteiger partial charge in [0.2, 0.25) is 0 Å². The molecule has 0 bridgehead atoms. The lowest BCUT2D eigenvalue weighted by molar-refractivity contribution is -0.0495. The second-order valence-electron chi connectivity index (χ2n) is 6.41. The zero-order valence-electron chi connectivity index (χ0n) is 14.5. The molecule has 0 unspecified atom stereocenters. The van der Waals surface area contributed by atoms with Crippen molar-refractivity contribution in [3.8, 4) is 5.75 Å². The number of aryl methyl sites for hydroxylation is 1. The van der Waals surface area contributed by atoms with Gasteiger partial charge in [-0.1, -0.05) is 6.07 Å². The van der Waals surface area contributed by atoms with Crippen molar-refractivity contribution in [3.63, 3.8) is 0 Å². The third-order valence-electron chi connectivity index (χ3n) is 4.76. The lowest BCUT2D eigenvalue weighted by atomic mass is 9.93. The average Bonchev–Trinajstić information content (AvgIpc) is 2.93. The van der Waals surface area contributed by atoms with Crippen LogP contribution < -0.4 is 15.0 Å². The first-order chi connectivity index (χ1) is 12.5. The molecule has 0 amide bonds. The van der Waals surface area contributed by atoms with Gasteiger partial charge in [-0.15, -0.1) is 0 Å². The Hall–Kier alpha value is -2.74. The van der Waals surface area contributed by atoms with Crippen LogP contribution in [0.15, 0.2) is 36.8 Å². The summed E-state index contributed by atoms with van der Waals surface area (Å²) in [5.74, 6) is 1.11. The normalized spacial score (nSPS) is 14.7. The van der Waals surface area contributed by atoms with Gasteiger partial charge < -0.3 is 19.5 Å². The van der Waals surface area contributed by atoms with Crippen molar-refractivity contribution in [2.24, 2.45) is 7.05 Å². The maximum Gasteiger partial charge on any atom is 0.387 e. The minimum atomic E-state index is -2.88. The van der Waals surface area contributed by atoms with E-state index in [1.165, 1.54) is 0 Å². The van der Waals surface area contributed by atoms with Crippen LogP contribution >= 0.6 is 0 Å². The number of halogens is 2. The van der Waals surface area contributed by atoms with Crippen molar-refractivity contribution in [1.82, 2.24) is 19.9 Å². The molecule has 4 rings (SSSR count). The highest BCUT2D eigenvalue weighted by atomic mass is 19.3. The van der Waals surface area contributed by atoms with Gasteiger partial charge in [-0.05, 0) is 17.7 Å². The number of rotatable bonds is 5. The molecule has 26 heavy (non-hydrogen) atoms. The lowest BCUT2D eigenvalue weighted by Crippen LogP contribution is -2.39. The number of aromatic nitrogens is 3. The standard InChI is InChI=1S/C18H19F2N5O/c1-24-10-23-13-9-22-17(6-15(13)24)25(2)14-4-3-11(12-7-21-8-12)5-16(14)26-18(19)20/h3-6,9-10,12,18,21H,7-8H2,1-2H3. The van der Waals surface area contributed by atoms with E-state index in [4.69, 9.17) is 4.74 Å². The molecule has 1 aliphatic heterocycles. The second kappa shape index (κ2) is 6.53. The van der Waals surface area contributed by atoms with Gasteiger partial charge in [0.15, 0.2) is 0 Å². The summed E-state index contributed by atoms with van der Waals surface area (Å²) in [6, 6.07) is 7.34. The van der Waals surface area contributed by atoms with Crippen molar-refractivity contribution in [2.75, 3.05) is 25.0 Å². The Balaban J connectivity index is 1.72. The summed E-state index contributed by atoms with van der Waals surface area (Å²) in [7, 11) is 3.68. The maximum atomic E-state index is 12.9. The van der Waals surface area contributed by atoms with Crippen LogP contribution in [-0.4, -0.2) is 41.3 Å². The molecule has 1 saturated heterocycles. The van der Waals surface area contributed by atoms with Gasteiger partial charge in [0, 0.05) is 39.2 Å². The second-order valence-corrected chi connectivity index (χ2v) is 6.41. The number of hydrogen-bond acceptors (Lipinski definition) is 5. The molecule has 1 N–H and O–H groups in total. The number of benzene rings is 1. The fourth-order valence-electron chi connectivity index (χ4n) is 3.10. The predicted molar refractivity (Wildman–Crippen MR) is 95.3 cm³/mol. The number of pyridine rings is 1. The van der Waals surface area contributed by atoms with Gasteiger partial charge in [-0.25, -0.2) is 9.97 Å². The van der Waals surface area contributed by atoms with Crippen molar-refractivity contribution in [1.29, 1.82) is 0 Å². The van der Waals surface area contributed by atoms with Crippen LogP contribution in [-0.2, 0) is 7.05 Å².